The van der Waals surface area contributed by atoms with E-state index < -0.39 is 6.04 Å². The third-order valence-electron chi connectivity index (χ3n) is 4.42. The first-order chi connectivity index (χ1) is 11.5. The first-order valence-corrected chi connectivity index (χ1v) is 8.48. The molecule has 130 valence electrons. The van der Waals surface area contributed by atoms with E-state index in [0.29, 0.717) is 25.4 Å². The van der Waals surface area contributed by atoms with Gasteiger partial charge in [-0.2, -0.15) is 0 Å². The number of hydrogen-bond donors (Lipinski definition) is 0. The summed E-state index contributed by atoms with van der Waals surface area (Å²) >= 11 is 0. The van der Waals surface area contributed by atoms with E-state index in [1.165, 1.54) is 4.90 Å². The number of anilines is 1. The molecule has 6 heteroatoms. The molecule has 0 radical (unpaired) electrons. The van der Waals surface area contributed by atoms with Crippen LogP contribution in [-0.4, -0.2) is 54.7 Å². The van der Waals surface area contributed by atoms with E-state index in [1.54, 1.807) is 24.3 Å². The van der Waals surface area contributed by atoms with Crippen molar-refractivity contribution in [3.05, 3.63) is 24.3 Å². The van der Waals surface area contributed by atoms with Crippen molar-refractivity contribution < 1.29 is 19.1 Å². The summed E-state index contributed by atoms with van der Waals surface area (Å²) in [4.78, 5) is 28.6. The molecule has 24 heavy (non-hydrogen) atoms. The number of carbonyl (C=O) groups is 2. The molecule has 2 aliphatic rings. The normalized spacial score (nSPS) is 28.5. The number of hydrogen-bond acceptors (Lipinski definition) is 5. The van der Waals surface area contributed by atoms with Gasteiger partial charge in [-0.1, -0.05) is 0 Å². The van der Waals surface area contributed by atoms with Crippen LogP contribution in [-0.2, 0) is 14.3 Å². The summed E-state index contributed by atoms with van der Waals surface area (Å²) in [6.45, 7) is 7.82. The van der Waals surface area contributed by atoms with Crippen molar-refractivity contribution in [1.82, 2.24) is 4.90 Å². The van der Waals surface area contributed by atoms with Crippen LogP contribution >= 0.6 is 0 Å². The molecule has 0 saturated carbocycles. The Kier molecular flexibility index (Phi) is 4.87. The zero-order valence-electron chi connectivity index (χ0n) is 14.4. The van der Waals surface area contributed by atoms with Crippen LogP contribution in [0.3, 0.4) is 0 Å². The molecule has 1 aromatic rings. The number of rotatable bonds is 4. The molecule has 1 aromatic carbocycles. The summed E-state index contributed by atoms with van der Waals surface area (Å²) in [6.07, 6.45) is 0.359. The number of imide groups is 1. The molecular formula is C18H24N2O4. The fraction of sp³-hybridized carbons (Fsp3) is 0.556. The summed E-state index contributed by atoms with van der Waals surface area (Å²) in [5.41, 5.74) is 0.602. The van der Waals surface area contributed by atoms with Gasteiger partial charge < -0.3 is 9.47 Å². The predicted molar refractivity (Wildman–Crippen MR) is 90.1 cm³/mol. The molecule has 6 nitrogen and oxygen atoms in total. The Bertz CT molecular complexity index is 606. The lowest BCUT2D eigenvalue weighted by Crippen LogP contribution is -2.52. The molecule has 0 aromatic heterocycles. The van der Waals surface area contributed by atoms with Crippen LogP contribution in [0.2, 0.25) is 0 Å². The van der Waals surface area contributed by atoms with Crippen molar-refractivity contribution in [2.75, 3.05) is 24.6 Å². The lowest BCUT2D eigenvalue weighted by Gasteiger charge is -2.37. The van der Waals surface area contributed by atoms with Gasteiger partial charge in [0.05, 0.1) is 37.0 Å². The highest BCUT2D eigenvalue weighted by Crippen LogP contribution is 2.28. The second-order valence-corrected chi connectivity index (χ2v) is 6.43. The van der Waals surface area contributed by atoms with Gasteiger partial charge >= 0.3 is 0 Å². The first-order valence-electron chi connectivity index (χ1n) is 8.48. The number of morpholine rings is 1. The van der Waals surface area contributed by atoms with Crippen LogP contribution in [0, 0.1) is 0 Å². The van der Waals surface area contributed by atoms with Crippen LogP contribution in [0.5, 0.6) is 5.75 Å². The Balaban J connectivity index is 1.76. The van der Waals surface area contributed by atoms with Crippen molar-refractivity contribution in [2.24, 2.45) is 0 Å². The van der Waals surface area contributed by atoms with E-state index in [-0.39, 0.29) is 30.4 Å². The summed E-state index contributed by atoms with van der Waals surface area (Å²) in [6, 6.07) is 6.69. The fourth-order valence-corrected chi connectivity index (χ4v) is 3.50. The minimum atomic E-state index is -0.391. The number of ether oxygens (including phenoxy) is 2. The van der Waals surface area contributed by atoms with Crippen LogP contribution < -0.4 is 9.64 Å². The molecule has 0 aliphatic carbocycles. The third-order valence-corrected chi connectivity index (χ3v) is 4.42. The number of amides is 2. The molecule has 0 bridgehead atoms. The van der Waals surface area contributed by atoms with Crippen LogP contribution in [0.25, 0.3) is 0 Å². The maximum atomic E-state index is 12.8. The van der Waals surface area contributed by atoms with Crippen LogP contribution in [0.15, 0.2) is 24.3 Å². The van der Waals surface area contributed by atoms with Crippen molar-refractivity contribution in [1.29, 1.82) is 0 Å². The molecular weight excluding hydrogens is 308 g/mol. The second kappa shape index (κ2) is 6.91. The summed E-state index contributed by atoms with van der Waals surface area (Å²) < 4.78 is 11.1. The smallest absolute Gasteiger partial charge is 0.251 e. The molecule has 3 rings (SSSR count). The predicted octanol–water partition coefficient (Wildman–Crippen LogP) is 1.83. The molecule has 2 heterocycles. The minimum Gasteiger partial charge on any atom is -0.494 e. The van der Waals surface area contributed by atoms with Gasteiger partial charge in [0, 0.05) is 13.1 Å². The molecule has 2 aliphatic heterocycles. The van der Waals surface area contributed by atoms with Crippen molar-refractivity contribution in [3.8, 4) is 5.75 Å². The zero-order valence-corrected chi connectivity index (χ0v) is 14.4. The SMILES string of the molecule is CCOc1ccc(N2C(=O)C[C@@H](N3C[C@@H](C)O[C@H](C)C3)C2=O)cc1. The number of benzene rings is 1. The highest BCUT2D eigenvalue weighted by atomic mass is 16.5. The Morgan fingerprint density at radius 3 is 2.33 bits per heavy atom. The van der Waals surface area contributed by atoms with E-state index in [1.807, 2.05) is 20.8 Å². The lowest BCUT2D eigenvalue weighted by molar-refractivity contribution is -0.127. The van der Waals surface area contributed by atoms with E-state index in [4.69, 9.17) is 9.47 Å². The fourth-order valence-electron chi connectivity index (χ4n) is 3.50. The van der Waals surface area contributed by atoms with Crippen molar-refractivity contribution in [2.45, 2.75) is 45.4 Å². The Labute approximate surface area is 142 Å². The zero-order chi connectivity index (χ0) is 17.3. The average Bonchev–Trinajstić information content (AvgIpc) is 2.83. The second-order valence-electron chi connectivity index (χ2n) is 6.43. The first kappa shape index (κ1) is 16.9. The molecule has 0 spiro atoms. The lowest BCUT2D eigenvalue weighted by atomic mass is 10.1. The van der Waals surface area contributed by atoms with E-state index >= 15 is 0 Å². The van der Waals surface area contributed by atoms with E-state index in [0.717, 1.165) is 5.75 Å². The molecule has 3 atom stereocenters. The maximum Gasteiger partial charge on any atom is 0.251 e. The highest BCUT2D eigenvalue weighted by molar-refractivity contribution is 6.22. The Morgan fingerprint density at radius 2 is 1.75 bits per heavy atom. The standard InChI is InChI=1S/C18H24N2O4/c1-4-23-15-7-5-14(6-8-15)20-17(21)9-16(18(20)22)19-10-12(2)24-13(3)11-19/h5-8,12-13,16H,4,9-11H2,1-3H3/t12-,13-,16-/m1/s1. The number of carbonyl (C=O) groups excluding carboxylic acids is 2. The largest absolute Gasteiger partial charge is 0.494 e. The topological polar surface area (TPSA) is 59.1 Å². The van der Waals surface area contributed by atoms with E-state index in [2.05, 4.69) is 4.90 Å². The van der Waals surface area contributed by atoms with Gasteiger partial charge in [-0.05, 0) is 45.0 Å². The molecule has 0 N–H and O–H groups in total. The van der Waals surface area contributed by atoms with Gasteiger partial charge in [-0.25, -0.2) is 4.90 Å². The maximum absolute atomic E-state index is 12.8. The molecule has 0 unspecified atom stereocenters. The Hall–Kier alpha value is -1.92. The summed E-state index contributed by atoms with van der Waals surface area (Å²) in [5, 5.41) is 0. The van der Waals surface area contributed by atoms with E-state index in [9.17, 15) is 9.59 Å². The molecule has 2 saturated heterocycles. The van der Waals surface area contributed by atoms with Gasteiger partial charge in [0.2, 0.25) is 5.91 Å². The van der Waals surface area contributed by atoms with Crippen LogP contribution in [0.4, 0.5) is 5.69 Å². The van der Waals surface area contributed by atoms with Crippen LogP contribution in [0.1, 0.15) is 27.2 Å². The van der Waals surface area contributed by atoms with Gasteiger partial charge in [0.1, 0.15) is 5.75 Å². The van der Waals surface area contributed by atoms with Crippen molar-refractivity contribution >= 4 is 17.5 Å². The van der Waals surface area contributed by atoms with Gasteiger partial charge in [0.15, 0.2) is 0 Å². The van der Waals surface area contributed by atoms with Gasteiger partial charge in [-0.15, -0.1) is 0 Å². The monoisotopic (exact) mass is 332 g/mol. The quantitative estimate of drug-likeness (QED) is 0.787. The minimum absolute atomic E-state index is 0.0659. The van der Waals surface area contributed by atoms with Gasteiger partial charge in [0.25, 0.3) is 5.91 Å². The Morgan fingerprint density at radius 1 is 1.12 bits per heavy atom. The molecule has 2 fully saturated rings. The molecule has 2 amide bonds. The summed E-state index contributed by atoms with van der Waals surface area (Å²) in [7, 11) is 0. The number of nitrogens with zero attached hydrogens (tertiary/aromatic N) is 2. The average molecular weight is 332 g/mol. The summed E-state index contributed by atoms with van der Waals surface area (Å²) in [5.74, 6) is 0.430. The van der Waals surface area contributed by atoms with Gasteiger partial charge in [-0.3, -0.25) is 14.5 Å². The third kappa shape index (κ3) is 3.30. The van der Waals surface area contributed by atoms with Crippen molar-refractivity contribution in [3.63, 3.8) is 0 Å². The highest BCUT2D eigenvalue weighted by Gasteiger charge is 2.44.